The van der Waals surface area contributed by atoms with Gasteiger partial charge in [0.05, 0.1) is 16.4 Å². The van der Waals surface area contributed by atoms with E-state index < -0.39 is 0 Å². The minimum absolute atomic E-state index is 0.375. The molecule has 3 aliphatic carbocycles. The first-order valence-corrected chi connectivity index (χ1v) is 24.2. The second-order valence-corrected chi connectivity index (χ2v) is 18.7. The van der Waals surface area contributed by atoms with Crippen LogP contribution in [-0.4, -0.2) is 4.57 Å². The first kappa shape index (κ1) is 39.4. The summed E-state index contributed by atoms with van der Waals surface area (Å²) in [5.74, 6) is 0. The number of anilines is 3. The van der Waals surface area contributed by atoms with Gasteiger partial charge >= 0.3 is 0 Å². The summed E-state index contributed by atoms with van der Waals surface area (Å²) in [4.78, 5) is 2.39. The van der Waals surface area contributed by atoms with Crippen molar-refractivity contribution in [2.45, 2.75) is 18.3 Å². The van der Waals surface area contributed by atoms with E-state index in [0.29, 0.717) is 0 Å². The molecule has 0 radical (unpaired) electrons. The zero-order valence-electron chi connectivity index (χ0n) is 38.1. The van der Waals surface area contributed by atoms with Crippen LogP contribution in [0.2, 0.25) is 0 Å². The first-order valence-electron chi connectivity index (χ1n) is 24.2. The molecule has 1 heterocycles. The molecule has 0 N–H and O–H groups in total. The Balaban J connectivity index is 0.865. The zero-order valence-corrected chi connectivity index (χ0v) is 38.1. The van der Waals surface area contributed by atoms with Crippen LogP contribution in [0.5, 0.6) is 0 Å². The van der Waals surface area contributed by atoms with E-state index in [1.54, 1.807) is 0 Å². The molecule has 0 atom stereocenters. The second kappa shape index (κ2) is 15.7. The van der Waals surface area contributed by atoms with Gasteiger partial charge in [0.25, 0.3) is 0 Å². The molecular weight excluding hydrogens is 833 g/mol. The van der Waals surface area contributed by atoms with Gasteiger partial charge in [-0.05, 0) is 157 Å². The van der Waals surface area contributed by atoms with Gasteiger partial charge in [-0.3, -0.25) is 0 Å². The quantitative estimate of drug-likeness (QED) is 0.155. The van der Waals surface area contributed by atoms with E-state index in [9.17, 15) is 0 Å². The third-order valence-electron chi connectivity index (χ3n) is 15.1. The highest BCUT2D eigenvalue weighted by Crippen LogP contribution is 2.64. The van der Waals surface area contributed by atoms with Gasteiger partial charge in [-0.15, -0.1) is 0 Å². The maximum Gasteiger partial charge on any atom is 0.0725 e. The molecule has 3 aliphatic rings. The number of para-hydroxylation sites is 2. The van der Waals surface area contributed by atoms with Crippen molar-refractivity contribution in [3.05, 3.63) is 283 Å². The number of fused-ring (bicyclic) bond motifs is 13. The molecule has 2 heteroatoms. The molecule has 0 unspecified atom stereocenters. The Morgan fingerprint density at radius 2 is 0.884 bits per heavy atom. The fraction of sp³-hybridized carbons (Fsp3) is 0.0448. The van der Waals surface area contributed by atoms with Crippen LogP contribution >= 0.6 is 0 Å². The minimum Gasteiger partial charge on any atom is -0.311 e. The second-order valence-electron chi connectivity index (χ2n) is 18.7. The van der Waals surface area contributed by atoms with Gasteiger partial charge in [-0.1, -0.05) is 188 Å². The van der Waals surface area contributed by atoms with Crippen molar-refractivity contribution in [2.75, 3.05) is 4.90 Å². The van der Waals surface area contributed by atoms with E-state index in [4.69, 9.17) is 0 Å². The Bertz CT molecular complexity index is 3820. The highest BCUT2D eigenvalue weighted by Gasteiger charge is 2.52. The van der Waals surface area contributed by atoms with E-state index in [2.05, 4.69) is 264 Å². The predicted molar refractivity (Wildman–Crippen MR) is 289 cm³/mol. The Morgan fingerprint density at radius 1 is 0.362 bits per heavy atom. The minimum atomic E-state index is -0.375. The van der Waals surface area contributed by atoms with Crippen molar-refractivity contribution in [1.82, 2.24) is 4.57 Å². The van der Waals surface area contributed by atoms with Crippen molar-refractivity contribution in [3.63, 3.8) is 0 Å². The molecule has 14 rings (SSSR count). The summed E-state index contributed by atoms with van der Waals surface area (Å²) < 4.78 is 2.38. The van der Waals surface area contributed by atoms with E-state index in [1.807, 2.05) is 0 Å². The Labute approximate surface area is 403 Å². The van der Waals surface area contributed by atoms with Crippen LogP contribution in [0.15, 0.2) is 255 Å². The molecule has 1 aromatic heterocycles. The molecule has 1 spiro atoms. The lowest BCUT2D eigenvalue weighted by molar-refractivity contribution is 0.794. The van der Waals surface area contributed by atoms with E-state index >= 15 is 0 Å². The van der Waals surface area contributed by atoms with Crippen LogP contribution in [0.25, 0.3) is 77.6 Å². The highest BCUT2D eigenvalue weighted by molar-refractivity contribution is 6.10. The lowest BCUT2D eigenvalue weighted by Crippen LogP contribution is -2.25. The SMILES string of the molecule is C1=CC(c2ccc(N(c3ccc(-c4ccc5c(c4)c4ccccc4n5-c4ccccc4)cc3)c3ccc(-c4cccc5c4-c4ccccc4C54c5ccccc5-c5ccccc54)cc3)cc2)=CCC1. The number of nitrogens with zero attached hydrogens (tertiary/aromatic N) is 2. The summed E-state index contributed by atoms with van der Waals surface area (Å²) in [7, 11) is 0. The summed E-state index contributed by atoms with van der Waals surface area (Å²) in [6, 6.07) is 87.9. The Hall–Kier alpha value is -8.72. The van der Waals surface area contributed by atoms with Gasteiger partial charge in [0.2, 0.25) is 0 Å². The molecule has 11 aromatic rings. The topological polar surface area (TPSA) is 8.17 Å². The molecule has 69 heavy (non-hydrogen) atoms. The van der Waals surface area contributed by atoms with Gasteiger partial charge in [0.15, 0.2) is 0 Å². The average molecular weight is 879 g/mol. The highest BCUT2D eigenvalue weighted by atomic mass is 15.1. The largest absolute Gasteiger partial charge is 0.311 e. The molecule has 0 aliphatic heterocycles. The van der Waals surface area contributed by atoms with Crippen LogP contribution in [0.4, 0.5) is 17.1 Å². The van der Waals surface area contributed by atoms with Crippen molar-refractivity contribution in [2.24, 2.45) is 0 Å². The third-order valence-corrected chi connectivity index (χ3v) is 15.1. The van der Waals surface area contributed by atoms with Crippen molar-refractivity contribution >= 4 is 44.4 Å². The summed E-state index contributed by atoms with van der Waals surface area (Å²) in [5.41, 5.74) is 24.6. The van der Waals surface area contributed by atoms with E-state index in [1.165, 1.54) is 105 Å². The third kappa shape index (κ3) is 5.98. The lowest BCUT2D eigenvalue weighted by atomic mass is 9.70. The molecule has 0 fully saturated rings. The molecular formula is C67H46N2. The fourth-order valence-electron chi connectivity index (χ4n) is 12.1. The number of aromatic nitrogens is 1. The smallest absolute Gasteiger partial charge is 0.0725 e. The molecule has 0 saturated heterocycles. The number of allylic oxidation sites excluding steroid dienone is 4. The Morgan fingerprint density at radius 3 is 1.55 bits per heavy atom. The number of rotatable bonds is 7. The summed E-state index contributed by atoms with van der Waals surface area (Å²) >= 11 is 0. The number of benzene rings is 10. The average Bonchev–Trinajstić information content (AvgIpc) is 4.04. The van der Waals surface area contributed by atoms with Crippen LogP contribution in [0.1, 0.15) is 40.7 Å². The van der Waals surface area contributed by atoms with Crippen molar-refractivity contribution < 1.29 is 0 Å². The molecule has 0 saturated carbocycles. The predicted octanol–water partition coefficient (Wildman–Crippen LogP) is 17.7. The normalized spacial score (nSPS) is 13.8. The van der Waals surface area contributed by atoms with Gasteiger partial charge in [-0.2, -0.15) is 0 Å². The van der Waals surface area contributed by atoms with Crippen LogP contribution < -0.4 is 4.90 Å². The molecule has 0 bridgehead atoms. The van der Waals surface area contributed by atoms with Crippen molar-refractivity contribution in [3.8, 4) is 50.2 Å². The van der Waals surface area contributed by atoms with Crippen LogP contribution in [0.3, 0.4) is 0 Å². The molecule has 2 nitrogen and oxygen atoms in total. The van der Waals surface area contributed by atoms with Crippen LogP contribution in [-0.2, 0) is 5.41 Å². The van der Waals surface area contributed by atoms with Crippen LogP contribution in [0, 0.1) is 0 Å². The number of hydrogen-bond acceptors (Lipinski definition) is 1. The monoisotopic (exact) mass is 878 g/mol. The maximum absolute atomic E-state index is 2.39. The number of hydrogen-bond donors (Lipinski definition) is 0. The zero-order chi connectivity index (χ0) is 45.5. The first-order chi connectivity index (χ1) is 34.2. The van der Waals surface area contributed by atoms with Gasteiger partial charge < -0.3 is 9.47 Å². The Kier molecular flexibility index (Phi) is 8.97. The van der Waals surface area contributed by atoms with Gasteiger partial charge in [0.1, 0.15) is 0 Å². The summed E-state index contributed by atoms with van der Waals surface area (Å²) in [6.07, 6.45) is 9.08. The standard InChI is InChI=1S/C67H46N2/c1-3-16-45(17-4-1)46-30-37-51(38-31-46)68(52-39-32-47(33-40-52)49-36-43-65-59(44-49)57-22-10-14-29-64(57)69(65)50-18-5-2-6-19-50)53-41-34-48(35-42-53)54-24-15-28-63-66(54)58-23-9-13-27-62(58)67(63)60-25-11-7-20-55(60)56-21-8-12-26-61(56)67/h2-3,5-44H,1,4H2. The summed E-state index contributed by atoms with van der Waals surface area (Å²) in [6.45, 7) is 0. The van der Waals surface area contributed by atoms with Crippen molar-refractivity contribution in [1.29, 1.82) is 0 Å². The maximum atomic E-state index is 2.39. The van der Waals surface area contributed by atoms with Gasteiger partial charge in [-0.25, -0.2) is 0 Å². The molecule has 324 valence electrons. The fourth-order valence-corrected chi connectivity index (χ4v) is 12.1. The van der Waals surface area contributed by atoms with E-state index in [0.717, 1.165) is 29.9 Å². The summed E-state index contributed by atoms with van der Waals surface area (Å²) in [5, 5.41) is 2.51. The van der Waals surface area contributed by atoms with Gasteiger partial charge in [0, 0.05) is 33.5 Å². The van der Waals surface area contributed by atoms with E-state index in [-0.39, 0.29) is 5.41 Å². The lowest BCUT2D eigenvalue weighted by Gasteiger charge is -2.30. The molecule has 10 aromatic carbocycles. The molecule has 0 amide bonds.